The van der Waals surface area contributed by atoms with E-state index in [0.29, 0.717) is 6.04 Å². The third-order valence-electron chi connectivity index (χ3n) is 5.70. The predicted molar refractivity (Wildman–Crippen MR) is 89.3 cm³/mol. The number of hydrogen-bond acceptors (Lipinski definition) is 2. The van der Waals surface area contributed by atoms with Crippen LogP contribution in [0.25, 0.3) is 0 Å². The van der Waals surface area contributed by atoms with E-state index in [-0.39, 0.29) is 0 Å². The normalized spacial score (nSPS) is 25.5. The van der Waals surface area contributed by atoms with Crippen molar-refractivity contribution < 1.29 is 0 Å². The van der Waals surface area contributed by atoms with Crippen molar-refractivity contribution >= 4 is 0 Å². The van der Waals surface area contributed by atoms with E-state index in [1.165, 1.54) is 56.2 Å². The smallest absolute Gasteiger partial charge is 0.0476 e. The summed E-state index contributed by atoms with van der Waals surface area (Å²) in [6, 6.07) is 10.1. The van der Waals surface area contributed by atoms with Crippen LogP contribution in [-0.4, -0.2) is 24.0 Å². The van der Waals surface area contributed by atoms with Gasteiger partial charge in [0.05, 0.1) is 0 Å². The van der Waals surface area contributed by atoms with Gasteiger partial charge in [0.1, 0.15) is 0 Å². The second kappa shape index (κ2) is 6.93. The molecule has 3 rings (SSSR count). The van der Waals surface area contributed by atoms with E-state index in [4.69, 9.17) is 5.73 Å². The van der Waals surface area contributed by atoms with E-state index in [1.807, 2.05) is 0 Å². The Morgan fingerprint density at radius 2 is 1.90 bits per heavy atom. The zero-order valence-electron chi connectivity index (χ0n) is 13.4. The molecule has 1 heterocycles. The molecule has 0 radical (unpaired) electrons. The number of nitrogens with zero attached hydrogens (tertiary/aromatic N) is 1. The number of likely N-dealkylation sites (tertiary alicyclic amines) is 1. The highest BCUT2D eigenvalue weighted by Crippen LogP contribution is 2.39. The first-order valence-corrected chi connectivity index (χ1v) is 8.88. The summed E-state index contributed by atoms with van der Waals surface area (Å²) in [7, 11) is 0. The first-order chi connectivity index (χ1) is 10.3. The first kappa shape index (κ1) is 15.1. The summed E-state index contributed by atoms with van der Waals surface area (Å²) < 4.78 is 0. The SMILES string of the molecule is CCc1ccccc1C(CN)N1CCCC1C1CCCC1. The van der Waals surface area contributed by atoms with E-state index in [2.05, 4.69) is 36.1 Å². The van der Waals surface area contributed by atoms with Crippen molar-refractivity contribution in [3.8, 4) is 0 Å². The molecular formula is C19H30N2. The van der Waals surface area contributed by atoms with Crippen LogP contribution in [0.4, 0.5) is 0 Å². The van der Waals surface area contributed by atoms with Gasteiger partial charge in [-0.25, -0.2) is 0 Å². The molecule has 2 aliphatic rings. The van der Waals surface area contributed by atoms with Crippen molar-refractivity contribution in [1.82, 2.24) is 4.90 Å². The van der Waals surface area contributed by atoms with Crippen LogP contribution in [0, 0.1) is 5.92 Å². The maximum Gasteiger partial charge on any atom is 0.0476 e. The highest BCUT2D eigenvalue weighted by molar-refractivity contribution is 5.30. The summed E-state index contributed by atoms with van der Waals surface area (Å²) in [6.45, 7) is 4.24. The average Bonchev–Trinajstić information content (AvgIpc) is 3.19. The van der Waals surface area contributed by atoms with E-state index < -0.39 is 0 Å². The molecule has 0 spiro atoms. The molecule has 0 aromatic heterocycles. The van der Waals surface area contributed by atoms with Crippen LogP contribution in [-0.2, 0) is 6.42 Å². The van der Waals surface area contributed by atoms with Crippen LogP contribution in [0.3, 0.4) is 0 Å². The number of hydrogen-bond donors (Lipinski definition) is 1. The van der Waals surface area contributed by atoms with Crippen LogP contribution in [0.15, 0.2) is 24.3 Å². The molecule has 0 amide bonds. The molecule has 1 aromatic rings. The van der Waals surface area contributed by atoms with E-state index in [9.17, 15) is 0 Å². The van der Waals surface area contributed by atoms with Crippen molar-refractivity contribution in [3.05, 3.63) is 35.4 Å². The van der Waals surface area contributed by atoms with Gasteiger partial charge in [0.25, 0.3) is 0 Å². The van der Waals surface area contributed by atoms with Gasteiger partial charge in [-0.1, -0.05) is 44.0 Å². The van der Waals surface area contributed by atoms with Crippen LogP contribution in [0.5, 0.6) is 0 Å². The van der Waals surface area contributed by atoms with Gasteiger partial charge < -0.3 is 5.73 Å². The summed E-state index contributed by atoms with van der Waals surface area (Å²) in [6.07, 6.45) is 9.60. The van der Waals surface area contributed by atoms with Gasteiger partial charge in [-0.15, -0.1) is 0 Å². The minimum Gasteiger partial charge on any atom is -0.329 e. The molecule has 0 bridgehead atoms. The summed E-state index contributed by atoms with van der Waals surface area (Å²) in [4.78, 5) is 2.75. The van der Waals surface area contributed by atoms with Crippen molar-refractivity contribution in [2.24, 2.45) is 11.7 Å². The minimum atomic E-state index is 0.425. The van der Waals surface area contributed by atoms with Gasteiger partial charge in [0.2, 0.25) is 0 Å². The second-order valence-electron chi connectivity index (χ2n) is 6.80. The largest absolute Gasteiger partial charge is 0.329 e. The van der Waals surface area contributed by atoms with Crippen molar-refractivity contribution in [2.45, 2.75) is 64.0 Å². The summed E-state index contributed by atoms with van der Waals surface area (Å²) in [5, 5.41) is 0. The third-order valence-corrected chi connectivity index (χ3v) is 5.70. The topological polar surface area (TPSA) is 29.3 Å². The molecule has 1 aliphatic carbocycles. The van der Waals surface area contributed by atoms with Crippen LogP contribution >= 0.6 is 0 Å². The fraction of sp³-hybridized carbons (Fsp3) is 0.684. The lowest BCUT2D eigenvalue weighted by Crippen LogP contribution is -2.41. The molecule has 2 atom stereocenters. The Bertz CT molecular complexity index is 451. The highest BCUT2D eigenvalue weighted by atomic mass is 15.2. The first-order valence-electron chi connectivity index (χ1n) is 8.88. The van der Waals surface area contributed by atoms with Crippen molar-refractivity contribution in [3.63, 3.8) is 0 Å². The molecular weight excluding hydrogens is 256 g/mol. The molecule has 1 saturated heterocycles. The number of aryl methyl sites for hydroxylation is 1. The van der Waals surface area contributed by atoms with E-state index >= 15 is 0 Å². The quantitative estimate of drug-likeness (QED) is 0.889. The van der Waals surface area contributed by atoms with Crippen LogP contribution in [0.1, 0.15) is 62.6 Å². The minimum absolute atomic E-state index is 0.425. The molecule has 2 fully saturated rings. The number of nitrogens with two attached hydrogens (primary N) is 1. The van der Waals surface area contributed by atoms with Crippen molar-refractivity contribution in [1.29, 1.82) is 0 Å². The maximum absolute atomic E-state index is 6.23. The Morgan fingerprint density at radius 1 is 1.14 bits per heavy atom. The zero-order chi connectivity index (χ0) is 14.7. The average molecular weight is 286 g/mol. The zero-order valence-corrected chi connectivity index (χ0v) is 13.4. The fourth-order valence-corrected chi connectivity index (χ4v) is 4.67. The Labute approximate surface area is 129 Å². The van der Waals surface area contributed by atoms with Crippen LogP contribution in [0.2, 0.25) is 0 Å². The molecule has 1 saturated carbocycles. The lowest BCUT2D eigenvalue weighted by molar-refractivity contribution is 0.137. The van der Waals surface area contributed by atoms with Gasteiger partial charge in [-0.3, -0.25) is 4.90 Å². The predicted octanol–water partition coefficient (Wildman–Crippen LogP) is 3.90. The second-order valence-corrected chi connectivity index (χ2v) is 6.80. The van der Waals surface area contributed by atoms with Gasteiger partial charge >= 0.3 is 0 Å². The Kier molecular flexibility index (Phi) is 4.97. The molecule has 116 valence electrons. The standard InChI is InChI=1S/C19H30N2/c1-2-15-8-5-6-11-17(15)19(14-20)21-13-7-12-18(21)16-9-3-4-10-16/h5-6,8,11,16,18-19H,2-4,7,9-10,12-14,20H2,1H3. The summed E-state index contributed by atoms with van der Waals surface area (Å²) in [5.74, 6) is 0.926. The molecule has 2 unspecified atom stereocenters. The lowest BCUT2D eigenvalue weighted by Gasteiger charge is -2.36. The summed E-state index contributed by atoms with van der Waals surface area (Å²) in [5.41, 5.74) is 9.18. The monoisotopic (exact) mass is 286 g/mol. The van der Waals surface area contributed by atoms with Gasteiger partial charge in [0, 0.05) is 18.6 Å². The lowest BCUT2D eigenvalue weighted by atomic mass is 9.92. The van der Waals surface area contributed by atoms with Gasteiger partial charge in [-0.05, 0) is 55.7 Å². The Morgan fingerprint density at radius 3 is 2.62 bits per heavy atom. The molecule has 2 nitrogen and oxygen atoms in total. The number of benzene rings is 1. The molecule has 21 heavy (non-hydrogen) atoms. The molecule has 2 heteroatoms. The molecule has 1 aromatic carbocycles. The van der Waals surface area contributed by atoms with E-state index in [1.54, 1.807) is 0 Å². The van der Waals surface area contributed by atoms with Gasteiger partial charge in [-0.2, -0.15) is 0 Å². The number of rotatable bonds is 5. The fourth-order valence-electron chi connectivity index (χ4n) is 4.67. The Balaban J connectivity index is 1.84. The van der Waals surface area contributed by atoms with Gasteiger partial charge in [0.15, 0.2) is 0 Å². The maximum atomic E-state index is 6.23. The van der Waals surface area contributed by atoms with Crippen LogP contribution < -0.4 is 5.73 Å². The molecule has 2 N–H and O–H groups in total. The molecule has 1 aliphatic heterocycles. The van der Waals surface area contributed by atoms with E-state index in [0.717, 1.165) is 24.9 Å². The summed E-state index contributed by atoms with van der Waals surface area (Å²) >= 11 is 0. The Hall–Kier alpha value is -0.860. The van der Waals surface area contributed by atoms with Crippen molar-refractivity contribution in [2.75, 3.05) is 13.1 Å². The third kappa shape index (κ3) is 3.02. The highest BCUT2D eigenvalue weighted by Gasteiger charge is 2.37.